The van der Waals surface area contributed by atoms with Gasteiger partial charge in [0.05, 0.1) is 4.92 Å². The molecule has 114 valence electrons. The predicted octanol–water partition coefficient (Wildman–Crippen LogP) is 1.86. The van der Waals surface area contributed by atoms with Crippen molar-refractivity contribution in [2.24, 2.45) is 0 Å². The Kier molecular flexibility index (Phi) is 3.47. The third-order valence-electron chi connectivity index (χ3n) is 3.23. The second kappa shape index (κ2) is 4.86. The van der Waals surface area contributed by atoms with E-state index in [2.05, 4.69) is 10.3 Å². The van der Waals surface area contributed by atoms with E-state index in [1.54, 1.807) is 0 Å². The second-order valence-corrected chi connectivity index (χ2v) is 4.63. The number of hydrogen-bond donors (Lipinski definition) is 2. The minimum absolute atomic E-state index is 0.141. The number of carbonyl (C=O) groups excluding carboxylic acids is 1. The van der Waals surface area contributed by atoms with Crippen LogP contribution in [0, 0.1) is 10.1 Å². The lowest BCUT2D eigenvalue weighted by Gasteiger charge is -2.20. The van der Waals surface area contributed by atoms with Crippen LogP contribution >= 0.6 is 0 Å². The van der Waals surface area contributed by atoms with Gasteiger partial charge in [0.1, 0.15) is 23.1 Å². The van der Waals surface area contributed by atoms with Crippen LogP contribution in [0.15, 0.2) is 12.3 Å². The van der Waals surface area contributed by atoms with E-state index in [1.165, 1.54) is 7.05 Å². The van der Waals surface area contributed by atoms with Crippen molar-refractivity contribution >= 4 is 17.4 Å². The number of nitrogens with zero attached hydrogens (tertiary/aromatic N) is 2. The fourth-order valence-corrected chi connectivity index (χ4v) is 1.80. The molecule has 1 heterocycles. The number of nitrogens with one attached hydrogen (secondary N) is 2. The molecule has 0 saturated heterocycles. The number of alkyl halides is 3. The van der Waals surface area contributed by atoms with Gasteiger partial charge in [-0.3, -0.25) is 14.9 Å². The van der Waals surface area contributed by atoms with Gasteiger partial charge in [0.25, 0.3) is 11.6 Å². The lowest BCUT2D eigenvalue weighted by molar-refractivity contribution is -0.385. The Morgan fingerprint density at radius 1 is 1.48 bits per heavy atom. The van der Waals surface area contributed by atoms with Crippen LogP contribution in [0.3, 0.4) is 0 Å². The lowest BCUT2D eigenvalue weighted by atomic mass is 10.1. The number of hydrogen-bond acceptors (Lipinski definition) is 5. The molecule has 1 aromatic heterocycles. The number of carbonyl (C=O) groups is 1. The zero-order valence-electron chi connectivity index (χ0n) is 10.8. The Morgan fingerprint density at radius 3 is 2.52 bits per heavy atom. The van der Waals surface area contributed by atoms with Gasteiger partial charge in [-0.05, 0) is 12.8 Å². The summed E-state index contributed by atoms with van der Waals surface area (Å²) in [5, 5.41) is 15.3. The van der Waals surface area contributed by atoms with Gasteiger partial charge in [-0.1, -0.05) is 0 Å². The maximum absolute atomic E-state index is 12.8. The van der Waals surface area contributed by atoms with Crippen molar-refractivity contribution in [1.29, 1.82) is 0 Å². The molecule has 0 radical (unpaired) electrons. The Labute approximate surface area is 116 Å². The quantitative estimate of drug-likeness (QED) is 0.653. The summed E-state index contributed by atoms with van der Waals surface area (Å²) in [5.41, 5.74) is -3.39. The molecule has 1 aromatic rings. The maximum Gasteiger partial charge on any atom is 0.411 e. The Morgan fingerprint density at radius 2 is 2.10 bits per heavy atom. The van der Waals surface area contributed by atoms with Crippen LogP contribution in [0.2, 0.25) is 0 Å². The number of anilines is 1. The molecule has 2 N–H and O–H groups in total. The highest BCUT2D eigenvalue weighted by Gasteiger charge is 2.64. The van der Waals surface area contributed by atoms with Gasteiger partial charge >= 0.3 is 6.18 Å². The van der Waals surface area contributed by atoms with E-state index >= 15 is 0 Å². The number of aromatic nitrogens is 1. The largest absolute Gasteiger partial charge is 0.411 e. The van der Waals surface area contributed by atoms with Gasteiger partial charge in [0.15, 0.2) is 0 Å². The topological polar surface area (TPSA) is 97.2 Å². The summed E-state index contributed by atoms with van der Waals surface area (Å²) in [5.74, 6) is -1.00. The molecule has 1 aliphatic rings. The third-order valence-corrected chi connectivity index (χ3v) is 3.23. The highest BCUT2D eigenvalue weighted by atomic mass is 19.4. The Bertz CT molecular complexity index is 599. The standard InChI is InChI=1S/C11H11F3N4O3/c1-15-8-4-6(7(5-16-8)18(20)21)9(19)17-10(2-3-10)11(12,13)14/h4-5H,2-3H2,1H3,(H,15,16)(H,17,19). The van der Waals surface area contributed by atoms with E-state index in [1.807, 2.05) is 5.32 Å². The van der Waals surface area contributed by atoms with Crippen molar-refractivity contribution in [2.45, 2.75) is 24.6 Å². The first kappa shape index (κ1) is 15.0. The van der Waals surface area contributed by atoms with E-state index < -0.39 is 33.8 Å². The molecular weight excluding hydrogens is 293 g/mol. The van der Waals surface area contributed by atoms with Gasteiger partial charge in [0, 0.05) is 13.1 Å². The zero-order chi connectivity index (χ0) is 15.8. The van der Waals surface area contributed by atoms with Crippen LogP contribution in [-0.4, -0.2) is 34.6 Å². The highest BCUT2D eigenvalue weighted by molar-refractivity contribution is 5.99. The second-order valence-electron chi connectivity index (χ2n) is 4.63. The number of rotatable bonds is 4. The van der Waals surface area contributed by atoms with Gasteiger partial charge in [-0.2, -0.15) is 13.2 Å². The van der Waals surface area contributed by atoms with E-state index in [0.29, 0.717) is 0 Å². The first-order valence-electron chi connectivity index (χ1n) is 5.91. The zero-order valence-corrected chi connectivity index (χ0v) is 10.8. The van der Waals surface area contributed by atoms with Crippen LogP contribution in [0.5, 0.6) is 0 Å². The SMILES string of the molecule is CNc1cc(C(=O)NC2(C(F)(F)F)CC2)c([N+](=O)[O-])cn1. The fourth-order valence-electron chi connectivity index (χ4n) is 1.80. The number of nitro groups is 1. The van der Waals surface area contributed by atoms with Crippen molar-refractivity contribution in [3.63, 3.8) is 0 Å². The Balaban J connectivity index is 2.33. The average Bonchev–Trinajstić information content (AvgIpc) is 3.18. The van der Waals surface area contributed by atoms with Crippen LogP contribution < -0.4 is 10.6 Å². The smallest absolute Gasteiger partial charge is 0.373 e. The van der Waals surface area contributed by atoms with Gasteiger partial charge < -0.3 is 10.6 Å². The van der Waals surface area contributed by atoms with Crippen molar-refractivity contribution in [3.8, 4) is 0 Å². The molecule has 1 amide bonds. The molecular formula is C11H11F3N4O3. The summed E-state index contributed by atoms with van der Waals surface area (Å²) in [7, 11) is 1.47. The van der Waals surface area contributed by atoms with E-state index in [-0.39, 0.29) is 18.7 Å². The molecule has 0 atom stereocenters. The third kappa shape index (κ3) is 2.73. The number of amides is 1. The summed E-state index contributed by atoms with van der Waals surface area (Å²) in [6.07, 6.45) is -4.23. The monoisotopic (exact) mass is 304 g/mol. The molecule has 1 fully saturated rings. The summed E-state index contributed by atoms with van der Waals surface area (Å²) < 4.78 is 38.4. The molecule has 21 heavy (non-hydrogen) atoms. The van der Waals surface area contributed by atoms with Gasteiger partial charge in [0.2, 0.25) is 0 Å². The number of halogens is 3. The molecule has 1 saturated carbocycles. The van der Waals surface area contributed by atoms with Crippen molar-refractivity contribution in [3.05, 3.63) is 27.9 Å². The van der Waals surface area contributed by atoms with Crippen molar-refractivity contribution in [2.75, 3.05) is 12.4 Å². The van der Waals surface area contributed by atoms with Crippen LogP contribution in [0.1, 0.15) is 23.2 Å². The Hall–Kier alpha value is -2.39. The molecule has 0 bridgehead atoms. The molecule has 1 aliphatic carbocycles. The van der Waals surface area contributed by atoms with Crippen molar-refractivity contribution < 1.29 is 22.9 Å². The molecule has 7 nitrogen and oxygen atoms in total. The summed E-state index contributed by atoms with van der Waals surface area (Å²) >= 11 is 0. The van der Waals surface area contributed by atoms with E-state index in [9.17, 15) is 28.1 Å². The highest BCUT2D eigenvalue weighted by Crippen LogP contribution is 2.49. The maximum atomic E-state index is 12.8. The van der Waals surface area contributed by atoms with Gasteiger partial charge in [-0.25, -0.2) is 4.98 Å². The molecule has 0 unspecified atom stereocenters. The molecule has 2 rings (SSSR count). The first-order valence-corrected chi connectivity index (χ1v) is 5.91. The van der Waals surface area contributed by atoms with Crippen LogP contribution in [-0.2, 0) is 0 Å². The summed E-state index contributed by atoms with van der Waals surface area (Å²) in [6.45, 7) is 0. The molecule has 0 aromatic carbocycles. The molecule has 10 heteroatoms. The predicted molar refractivity (Wildman–Crippen MR) is 65.9 cm³/mol. The molecule has 0 aliphatic heterocycles. The van der Waals surface area contributed by atoms with Crippen LogP contribution in [0.25, 0.3) is 0 Å². The normalized spacial score (nSPS) is 16.2. The first-order chi connectivity index (χ1) is 9.70. The summed E-state index contributed by atoms with van der Waals surface area (Å²) in [6, 6.07) is 1.04. The minimum atomic E-state index is -4.59. The molecule has 0 spiro atoms. The van der Waals surface area contributed by atoms with E-state index in [0.717, 1.165) is 12.3 Å². The lowest BCUT2D eigenvalue weighted by Crippen LogP contribution is -2.48. The van der Waals surface area contributed by atoms with Crippen LogP contribution in [0.4, 0.5) is 24.7 Å². The number of pyridine rings is 1. The minimum Gasteiger partial charge on any atom is -0.373 e. The van der Waals surface area contributed by atoms with E-state index in [4.69, 9.17) is 0 Å². The summed E-state index contributed by atoms with van der Waals surface area (Å²) in [4.78, 5) is 25.6. The van der Waals surface area contributed by atoms with Crippen molar-refractivity contribution in [1.82, 2.24) is 10.3 Å². The fraction of sp³-hybridized carbons (Fsp3) is 0.455. The van der Waals surface area contributed by atoms with Gasteiger partial charge in [-0.15, -0.1) is 0 Å². The average molecular weight is 304 g/mol.